The molecule has 0 radical (unpaired) electrons. The lowest BCUT2D eigenvalue weighted by Crippen LogP contribution is -2.43. The molecule has 2 amide bonds. The van der Waals surface area contributed by atoms with Crippen LogP contribution in [0.4, 0.5) is 16.2 Å². The van der Waals surface area contributed by atoms with E-state index in [9.17, 15) is 14.9 Å². The van der Waals surface area contributed by atoms with Gasteiger partial charge in [-0.25, -0.2) is 4.79 Å². The molecule has 1 fully saturated rings. The molecular weight excluding hydrogens is 298 g/mol. The van der Waals surface area contributed by atoms with Crippen molar-refractivity contribution in [1.29, 1.82) is 0 Å². The maximum atomic E-state index is 12.4. The Morgan fingerprint density at radius 1 is 1.52 bits per heavy atom. The van der Waals surface area contributed by atoms with Crippen LogP contribution in [0.15, 0.2) is 18.2 Å². The number of nitro groups is 1. The van der Waals surface area contributed by atoms with E-state index in [1.807, 2.05) is 6.92 Å². The molecule has 1 aromatic rings. The van der Waals surface area contributed by atoms with Crippen LogP contribution >= 0.6 is 0 Å². The molecule has 1 atom stereocenters. The number of piperidine rings is 1. The summed E-state index contributed by atoms with van der Waals surface area (Å²) in [7, 11) is 0. The van der Waals surface area contributed by atoms with Gasteiger partial charge in [-0.1, -0.05) is 0 Å². The van der Waals surface area contributed by atoms with E-state index in [1.165, 1.54) is 6.07 Å². The zero-order valence-electron chi connectivity index (χ0n) is 13.6. The number of benzene rings is 1. The molecule has 1 aliphatic rings. The quantitative estimate of drug-likeness (QED) is 0.666. The number of hydrogen-bond acceptors (Lipinski definition) is 4. The molecule has 2 rings (SSSR count). The van der Waals surface area contributed by atoms with Crippen LogP contribution in [0, 0.1) is 23.0 Å². The Morgan fingerprint density at radius 2 is 2.30 bits per heavy atom. The van der Waals surface area contributed by atoms with Gasteiger partial charge >= 0.3 is 6.03 Å². The van der Waals surface area contributed by atoms with Crippen molar-refractivity contribution in [2.75, 3.05) is 31.6 Å². The number of rotatable bonds is 5. The van der Waals surface area contributed by atoms with Crippen LogP contribution < -0.4 is 5.32 Å². The number of carbonyl (C=O) groups is 1. The highest BCUT2D eigenvalue weighted by Gasteiger charge is 2.24. The first-order valence-electron chi connectivity index (χ1n) is 7.90. The van der Waals surface area contributed by atoms with Crippen LogP contribution in [0.25, 0.3) is 0 Å². The van der Waals surface area contributed by atoms with Crippen LogP contribution in [0.1, 0.15) is 25.3 Å². The van der Waals surface area contributed by atoms with Crippen LogP contribution in [0.5, 0.6) is 0 Å². The second kappa shape index (κ2) is 7.92. The maximum absolute atomic E-state index is 12.4. The number of anilines is 1. The largest absolute Gasteiger partial charge is 0.381 e. The summed E-state index contributed by atoms with van der Waals surface area (Å²) in [6.45, 7) is 6.39. The highest BCUT2D eigenvalue weighted by Crippen LogP contribution is 2.23. The predicted molar refractivity (Wildman–Crippen MR) is 87.6 cm³/mol. The highest BCUT2D eigenvalue weighted by atomic mass is 16.6. The van der Waals surface area contributed by atoms with Crippen LogP contribution in [-0.2, 0) is 4.74 Å². The first-order valence-corrected chi connectivity index (χ1v) is 7.90. The molecule has 0 aromatic heterocycles. The van der Waals surface area contributed by atoms with Crippen LogP contribution in [0.2, 0.25) is 0 Å². The topological polar surface area (TPSA) is 84.7 Å². The molecule has 1 unspecified atom stereocenters. The van der Waals surface area contributed by atoms with E-state index in [4.69, 9.17) is 4.74 Å². The number of nitro benzene ring substituents is 1. The zero-order chi connectivity index (χ0) is 16.8. The average molecular weight is 321 g/mol. The van der Waals surface area contributed by atoms with Gasteiger partial charge in [0.15, 0.2) is 0 Å². The van der Waals surface area contributed by atoms with Crippen molar-refractivity contribution < 1.29 is 14.5 Å². The Bertz CT molecular complexity index is 576. The Balaban J connectivity index is 1.96. The fourth-order valence-corrected chi connectivity index (χ4v) is 2.81. The standard InChI is InChI=1S/C16H23N3O4/c1-3-23-11-13-5-4-8-18(10-13)16(20)17-14-6-7-15(19(21)22)12(2)9-14/h6-7,9,13H,3-5,8,10-11H2,1-2H3,(H,17,20). The third kappa shape index (κ3) is 4.66. The van der Waals surface area contributed by atoms with E-state index in [0.29, 0.717) is 36.9 Å². The molecular formula is C16H23N3O4. The van der Waals surface area contributed by atoms with Crippen molar-refractivity contribution in [3.63, 3.8) is 0 Å². The minimum absolute atomic E-state index is 0.0535. The molecule has 7 nitrogen and oxygen atoms in total. The molecule has 1 N–H and O–H groups in total. The van der Waals surface area contributed by atoms with E-state index in [1.54, 1.807) is 24.0 Å². The number of urea groups is 1. The number of ether oxygens (including phenoxy) is 1. The Hall–Kier alpha value is -2.15. The fourth-order valence-electron chi connectivity index (χ4n) is 2.81. The lowest BCUT2D eigenvalue weighted by Gasteiger charge is -2.32. The number of nitrogens with one attached hydrogen (secondary N) is 1. The van der Waals surface area contributed by atoms with Crippen molar-refractivity contribution >= 4 is 17.4 Å². The monoisotopic (exact) mass is 321 g/mol. The number of likely N-dealkylation sites (tertiary alicyclic amines) is 1. The second-order valence-electron chi connectivity index (χ2n) is 5.80. The summed E-state index contributed by atoms with van der Waals surface area (Å²) >= 11 is 0. The Kier molecular flexibility index (Phi) is 5.92. The van der Waals surface area contributed by atoms with Crippen LogP contribution in [0.3, 0.4) is 0 Å². The van der Waals surface area contributed by atoms with Gasteiger partial charge in [-0.3, -0.25) is 10.1 Å². The summed E-state index contributed by atoms with van der Waals surface area (Å²) in [5.41, 5.74) is 1.16. The predicted octanol–water partition coefficient (Wildman–Crippen LogP) is 3.18. The van der Waals surface area contributed by atoms with Crippen molar-refractivity contribution in [2.24, 2.45) is 5.92 Å². The number of hydrogen-bond donors (Lipinski definition) is 1. The SMILES string of the molecule is CCOCC1CCCN(C(=O)Nc2ccc([N+](=O)[O-])c(C)c2)C1. The summed E-state index contributed by atoms with van der Waals surface area (Å²) in [6, 6.07) is 4.43. The normalized spacial score (nSPS) is 17.8. The van der Waals surface area contributed by atoms with E-state index in [2.05, 4.69) is 5.32 Å². The van der Waals surface area contributed by atoms with Gasteiger partial charge in [0, 0.05) is 42.9 Å². The van der Waals surface area contributed by atoms with Gasteiger partial charge in [-0.15, -0.1) is 0 Å². The number of nitrogens with zero attached hydrogens (tertiary/aromatic N) is 2. The molecule has 126 valence electrons. The molecule has 23 heavy (non-hydrogen) atoms. The second-order valence-corrected chi connectivity index (χ2v) is 5.80. The molecule has 0 spiro atoms. The van der Waals surface area contributed by atoms with Gasteiger partial charge in [0.25, 0.3) is 5.69 Å². The third-order valence-corrected chi connectivity index (χ3v) is 4.01. The Morgan fingerprint density at radius 3 is 2.96 bits per heavy atom. The maximum Gasteiger partial charge on any atom is 0.321 e. The highest BCUT2D eigenvalue weighted by molar-refractivity contribution is 5.89. The minimum Gasteiger partial charge on any atom is -0.381 e. The molecule has 1 aromatic carbocycles. The van der Waals surface area contributed by atoms with Crippen molar-refractivity contribution in [2.45, 2.75) is 26.7 Å². The lowest BCUT2D eigenvalue weighted by atomic mass is 9.99. The van der Waals surface area contributed by atoms with Crippen molar-refractivity contribution in [3.05, 3.63) is 33.9 Å². The fraction of sp³-hybridized carbons (Fsp3) is 0.562. The summed E-state index contributed by atoms with van der Waals surface area (Å²) < 4.78 is 5.45. The molecule has 1 saturated heterocycles. The number of carbonyl (C=O) groups excluding carboxylic acids is 1. The zero-order valence-corrected chi connectivity index (χ0v) is 13.6. The number of aryl methyl sites for hydroxylation is 1. The molecule has 7 heteroatoms. The number of amides is 2. The molecule has 1 heterocycles. The van der Waals surface area contributed by atoms with E-state index >= 15 is 0 Å². The Labute approximate surface area is 135 Å². The average Bonchev–Trinajstić information content (AvgIpc) is 2.53. The first kappa shape index (κ1) is 17.2. The van der Waals surface area contributed by atoms with Crippen molar-refractivity contribution in [1.82, 2.24) is 4.90 Å². The van der Waals surface area contributed by atoms with E-state index in [-0.39, 0.29) is 11.7 Å². The third-order valence-electron chi connectivity index (χ3n) is 4.01. The molecule has 0 bridgehead atoms. The van der Waals surface area contributed by atoms with Gasteiger partial charge in [0.05, 0.1) is 11.5 Å². The van der Waals surface area contributed by atoms with Gasteiger partial charge in [0.2, 0.25) is 0 Å². The van der Waals surface area contributed by atoms with Gasteiger partial charge in [-0.2, -0.15) is 0 Å². The van der Waals surface area contributed by atoms with Gasteiger partial charge < -0.3 is 15.0 Å². The summed E-state index contributed by atoms with van der Waals surface area (Å²) in [5, 5.41) is 13.6. The molecule has 0 aliphatic carbocycles. The van der Waals surface area contributed by atoms with Crippen molar-refractivity contribution in [3.8, 4) is 0 Å². The summed E-state index contributed by atoms with van der Waals surface area (Å²) in [6.07, 6.45) is 2.03. The lowest BCUT2D eigenvalue weighted by molar-refractivity contribution is -0.385. The van der Waals surface area contributed by atoms with E-state index in [0.717, 1.165) is 19.4 Å². The minimum atomic E-state index is -0.427. The first-order chi connectivity index (χ1) is 11.0. The smallest absolute Gasteiger partial charge is 0.321 e. The van der Waals surface area contributed by atoms with Gasteiger partial charge in [-0.05, 0) is 38.8 Å². The van der Waals surface area contributed by atoms with Gasteiger partial charge in [0.1, 0.15) is 0 Å². The summed E-state index contributed by atoms with van der Waals surface area (Å²) in [4.78, 5) is 24.5. The van der Waals surface area contributed by atoms with Crippen LogP contribution in [-0.4, -0.2) is 42.2 Å². The van der Waals surface area contributed by atoms with E-state index < -0.39 is 4.92 Å². The molecule has 1 aliphatic heterocycles. The molecule has 0 saturated carbocycles. The summed E-state index contributed by atoms with van der Waals surface area (Å²) in [5.74, 6) is 0.369.